The first-order valence-corrected chi connectivity index (χ1v) is 12.2. The predicted molar refractivity (Wildman–Crippen MR) is 135 cm³/mol. The summed E-state index contributed by atoms with van der Waals surface area (Å²) in [6.07, 6.45) is 7.34. The molecule has 0 saturated carbocycles. The smallest absolute Gasteiger partial charge is 0.410 e. The van der Waals surface area contributed by atoms with Crippen LogP contribution < -0.4 is 0 Å². The van der Waals surface area contributed by atoms with Gasteiger partial charge in [-0.1, -0.05) is 59.6 Å². The molecule has 3 heterocycles. The number of ether oxygens (including phenoxy) is 1. The molecule has 3 atom stereocenters. The maximum absolute atomic E-state index is 13.4. The molecule has 3 unspecified atom stereocenters. The van der Waals surface area contributed by atoms with E-state index in [9.17, 15) is 4.79 Å². The number of H-pyrrole nitrogens is 1. The molecule has 0 spiro atoms. The summed E-state index contributed by atoms with van der Waals surface area (Å²) < 4.78 is 5.75. The van der Waals surface area contributed by atoms with Gasteiger partial charge in [-0.3, -0.25) is 9.88 Å². The molecule has 4 aromatic rings. The number of hydrogen-bond acceptors (Lipinski definition) is 4. The largest absolute Gasteiger partial charge is 0.445 e. The monoisotopic (exact) mass is 506 g/mol. The lowest BCUT2D eigenvalue weighted by atomic mass is 9.74. The molecule has 0 radical (unpaired) electrons. The van der Waals surface area contributed by atoms with Crippen molar-refractivity contribution in [2.24, 2.45) is 0 Å². The molecular formula is C27H24Cl2N4O2. The zero-order valence-electron chi connectivity index (χ0n) is 18.9. The molecule has 1 N–H and O–H groups in total. The Morgan fingerprint density at radius 2 is 1.77 bits per heavy atom. The van der Waals surface area contributed by atoms with Gasteiger partial charge < -0.3 is 9.72 Å². The number of hydrogen-bond donors (Lipinski definition) is 1. The minimum Gasteiger partial charge on any atom is -0.445 e. The van der Waals surface area contributed by atoms with Crippen LogP contribution in [0.25, 0.3) is 0 Å². The average molecular weight is 507 g/mol. The van der Waals surface area contributed by atoms with Gasteiger partial charge in [0.1, 0.15) is 12.4 Å². The fourth-order valence-electron chi connectivity index (χ4n) is 4.78. The van der Waals surface area contributed by atoms with Gasteiger partial charge in [-0.15, -0.1) is 0 Å². The van der Waals surface area contributed by atoms with Gasteiger partial charge in [0.15, 0.2) is 0 Å². The van der Waals surface area contributed by atoms with Crippen molar-refractivity contribution in [3.05, 3.63) is 118 Å². The number of rotatable bonds is 5. The standard InChI is InChI=1S/C27H24Cl2N4O2/c28-23-7-6-20(14-24(23)29)22-16-33(27(34)35-17-18-4-2-1-3-5-18)25(26-31-12-13-32-26)15-21(22)19-8-10-30-11-9-19/h1-14,21-22,25H,15-17H2,(H,31,32). The third-order valence-electron chi connectivity index (χ3n) is 6.51. The van der Waals surface area contributed by atoms with Gasteiger partial charge in [-0.25, -0.2) is 9.78 Å². The van der Waals surface area contributed by atoms with Crippen molar-refractivity contribution in [3.63, 3.8) is 0 Å². The van der Waals surface area contributed by atoms with Crippen molar-refractivity contribution in [1.82, 2.24) is 19.9 Å². The molecule has 1 aliphatic rings. The first-order chi connectivity index (χ1) is 17.1. The summed E-state index contributed by atoms with van der Waals surface area (Å²) in [5.41, 5.74) is 3.09. The van der Waals surface area contributed by atoms with Crippen molar-refractivity contribution >= 4 is 29.3 Å². The first kappa shape index (κ1) is 23.4. The number of halogens is 2. The van der Waals surface area contributed by atoms with E-state index < -0.39 is 0 Å². The number of pyridine rings is 1. The van der Waals surface area contributed by atoms with E-state index in [1.165, 1.54) is 0 Å². The highest BCUT2D eigenvalue weighted by Gasteiger charge is 2.41. The molecular weight excluding hydrogens is 483 g/mol. The molecule has 1 saturated heterocycles. The highest BCUT2D eigenvalue weighted by molar-refractivity contribution is 6.42. The van der Waals surface area contributed by atoms with Gasteiger partial charge in [0.25, 0.3) is 0 Å². The number of aromatic nitrogens is 3. The fraction of sp³-hybridized carbons (Fsp3) is 0.222. The van der Waals surface area contributed by atoms with Crippen LogP contribution in [0.5, 0.6) is 0 Å². The third kappa shape index (κ3) is 5.19. The van der Waals surface area contributed by atoms with Crippen molar-refractivity contribution < 1.29 is 9.53 Å². The van der Waals surface area contributed by atoms with Crippen molar-refractivity contribution in [3.8, 4) is 0 Å². The zero-order valence-corrected chi connectivity index (χ0v) is 20.4. The number of likely N-dealkylation sites (tertiary alicyclic amines) is 1. The molecule has 8 heteroatoms. The second kappa shape index (κ2) is 10.5. The molecule has 178 valence electrons. The molecule has 1 fully saturated rings. The van der Waals surface area contributed by atoms with E-state index in [0.717, 1.165) is 22.5 Å². The molecule has 2 aromatic carbocycles. The summed E-state index contributed by atoms with van der Waals surface area (Å²) in [6.45, 7) is 0.635. The highest BCUT2D eigenvalue weighted by atomic mass is 35.5. The quantitative estimate of drug-likeness (QED) is 0.324. The van der Waals surface area contributed by atoms with Gasteiger partial charge in [-0.05, 0) is 53.3 Å². The van der Waals surface area contributed by atoms with Crippen LogP contribution in [-0.2, 0) is 11.3 Å². The summed E-state index contributed by atoms with van der Waals surface area (Å²) in [4.78, 5) is 27.1. The predicted octanol–water partition coefficient (Wildman–Crippen LogP) is 6.76. The maximum atomic E-state index is 13.4. The summed E-state index contributed by atoms with van der Waals surface area (Å²) >= 11 is 12.6. The second-order valence-electron chi connectivity index (χ2n) is 8.59. The van der Waals surface area contributed by atoms with Gasteiger partial charge in [0, 0.05) is 37.3 Å². The number of nitrogens with one attached hydrogen (secondary N) is 1. The van der Waals surface area contributed by atoms with Crippen LogP contribution in [0.15, 0.2) is 85.5 Å². The lowest BCUT2D eigenvalue weighted by Crippen LogP contribution is -2.45. The Hall–Kier alpha value is -3.35. The van der Waals surface area contributed by atoms with E-state index in [0.29, 0.717) is 23.0 Å². The van der Waals surface area contributed by atoms with Crippen LogP contribution in [0.3, 0.4) is 0 Å². The average Bonchev–Trinajstić information content (AvgIpc) is 3.44. The number of amides is 1. The fourth-order valence-corrected chi connectivity index (χ4v) is 5.09. The number of carbonyl (C=O) groups is 1. The van der Waals surface area contributed by atoms with Crippen molar-refractivity contribution in [1.29, 1.82) is 0 Å². The van der Waals surface area contributed by atoms with E-state index in [-0.39, 0.29) is 30.6 Å². The van der Waals surface area contributed by atoms with E-state index in [4.69, 9.17) is 27.9 Å². The van der Waals surface area contributed by atoms with Crippen molar-refractivity contribution in [2.45, 2.75) is 30.9 Å². The lowest BCUT2D eigenvalue weighted by Gasteiger charge is -2.43. The van der Waals surface area contributed by atoms with Crippen LogP contribution in [0, 0.1) is 0 Å². The summed E-state index contributed by atoms with van der Waals surface area (Å²) in [5.74, 6) is 0.805. The minimum absolute atomic E-state index is 0.0253. The van der Waals surface area contributed by atoms with Gasteiger partial charge in [-0.2, -0.15) is 0 Å². The minimum atomic E-state index is -0.381. The second-order valence-corrected chi connectivity index (χ2v) is 9.40. The SMILES string of the molecule is O=C(OCc1ccccc1)N1CC(c2ccc(Cl)c(Cl)c2)C(c2ccncc2)CC1c1ncc[nH]1. The number of nitrogens with zero attached hydrogens (tertiary/aromatic N) is 3. The Morgan fingerprint density at radius 3 is 2.49 bits per heavy atom. The van der Waals surface area contributed by atoms with Crippen LogP contribution in [0.4, 0.5) is 4.79 Å². The topological polar surface area (TPSA) is 71.1 Å². The molecule has 5 rings (SSSR count). The molecule has 35 heavy (non-hydrogen) atoms. The first-order valence-electron chi connectivity index (χ1n) is 11.4. The molecule has 0 bridgehead atoms. The Kier molecular flexibility index (Phi) is 7.02. The maximum Gasteiger partial charge on any atom is 0.410 e. The molecule has 1 aliphatic heterocycles. The highest BCUT2D eigenvalue weighted by Crippen LogP contribution is 2.47. The Labute approximate surface area is 213 Å². The molecule has 0 aliphatic carbocycles. The number of benzene rings is 2. The molecule has 2 aromatic heterocycles. The molecule has 1 amide bonds. The Bertz CT molecular complexity index is 1270. The van der Waals surface area contributed by atoms with E-state index in [1.807, 2.05) is 54.6 Å². The number of carbonyl (C=O) groups excluding carboxylic acids is 1. The third-order valence-corrected chi connectivity index (χ3v) is 7.25. The van der Waals surface area contributed by atoms with Crippen LogP contribution in [0.2, 0.25) is 10.0 Å². The van der Waals surface area contributed by atoms with Crippen LogP contribution in [-0.4, -0.2) is 32.5 Å². The van der Waals surface area contributed by atoms with E-state index >= 15 is 0 Å². The number of aromatic amines is 1. The Morgan fingerprint density at radius 1 is 0.971 bits per heavy atom. The number of imidazole rings is 1. The normalized spacial score (nSPS) is 19.9. The van der Waals surface area contributed by atoms with Gasteiger partial charge in [0.05, 0.1) is 16.1 Å². The van der Waals surface area contributed by atoms with E-state index in [1.54, 1.807) is 35.8 Å². The van der Waals surface area contributed by atoms with Crippen LogP contribution in [0.1, 0.15) is 46.8 Å². The van der Waals surface area contributed by atoms with Crippen molar-refractivity contribution in [2.75, 3.05) is 6.54 Å². The van der Waals surface area contributed by atoms with Crippen LogP contribution >= 0.6 is 23.2 Å². The zero-order chi connectivity index (χ0) is 24.2. The molecule has 6 nitrogen and oxygen atoms in total. The summed E-state index contributed by atoms with van der Waals surface area (Å²) in [5, 5.41) is 0.989. The number of piperidine rings is 1. The summed E-state index contributed by atoms with van der Waals surface area (Å²) in [6, 6.07) is 19.1. The van der Waals surface area contributed by atoms with E-state index in [2.05, 4.69) is 15.0 Å². The summed E-state index contributed by atoms with van der Waals surface area (Å²) in [7, 11) is 0. The lowest BCUT2D eigenvalue weighted by molar-refractivity contribution is 0.0559. The van der Waals surface area contributed by atoms with Gasteiger partial charge >= 0.3 is 6.09 Å². The Balaban J connectivity index is 1.49. The van der Waals surface area contributed by atoms with Gasteiger partial charge in [0.2, 0.25) is 0 Å².